The minimum absolute atomic E-state index is 0.185. The van der Waals surface area contributed by atoms with Crippen LogP contribution in [0.1, 0.15) is 48.5 Å². The Bertz CT molecular complexity index is 1540. The zero-order chi connectivity index (χ0) is 31.3. The first-order valence-corrected chi connectivity index (χ1v) is 14.7. The number of aromatic nitrogens is 1. The van der Waals surface area contributed by atoms with E-state index in [1.165, 1.54) is 0 Å². The molecule has 0 unspecified atom stereocenters. The van der Waals surface area contributed by atoms with Crippen LogP contribution in [0.25, 0.3) is 10.9 Å². The Labute approximate surface area is 254 Å². The second kappa shape index (κ2) is 13.9. The van der Waals surface area contributed by atoms with Gasteiger partial charge in [-0.1, -0.05) is 11.8 Å². The summed E-state index contributed by atoms with van der Waals surface area (Å²) in [7, 11) is 1.58. The number of morpholine rings is 1. The Kier molecular flexibility index (Phi) is 10.1. The number of aliphatic hydroxyl groups is 1. The van der Waals surface area contributed by atoms with Gasteiger partial charge in [0.2, 0.25) is 0 Å². The highest BCUT2D eigenvalue weighted by Crippen LogP contribution is 2.40. The van der Waals surface area contributed by atoms with Crippen LogP contribution in [0.4, 0.5) is 13.2 Å². The van der Waals surface area contributed by atoms with E-state index < -0.39 is 40.5 Å². The quantitative estimate of drug-likeness (QED) is 0.341. The van der Waals surface area contributed by atoms with Gasteiger partial charge in [0.25, 0.3) is 0 Å². The van der Waals surface area contributed by atoms with E-state index >= 15 is 0 Å². The molecule has 3 aromatic rings. The van der Waals surface area contributed by atoms with Crippen LogP contribution in [0.3, 0.4) is 0 Å². The van der Waals surface area contributed by atoms with E-state index in [-0.39, 0.29) is 19.4 Å². The molecule has 2 aliphatic heterocycles. The van der Waals surface area contributed by atoms with Crippen LogP contribution in [0.5, 0.6) is 5.75 Å². The number of ether oxygens (including phenoxy) is 2. The Hall–Kier alpha value is -3.69. The molecule has 11 heteroatoms. The Morgan fingerprint density at radius 1 is 1.09 bits per heavy atom. The summed E-state index contributed by atoms with van der Waals surface area (Å²) in [4.78, 5) is 21.4. The van der Waals surface area contributed by atoms with Crippen molar-refractivity contribution >= 4 is 16.9 Å². The fourth-order valence-corrected chi connectivity index (χ4v) is 6.05. The number of aliphatic carboxylic acids is 1. The zero-order valence-electron chi connectivity index (χ0n) is 24.6. The van der Waals surface area contributed by atoms with Crippen molar-refractivity contribution in [2.75, 3.05) is 53.0 Å². The number of nitrogens with zero attached hydrogens (tertiary/aromatic N) is 3. The molecule has 0 saturated carbocycles. The number of carboxylic acids is 1. The van der Waals surface area contributed by atoms with Gasteiger partial charge in [0.15, 0.2) is 0 Å². The highest BCUT2D eigenvalue weighted by atomic mass is 19.1. The lowest BCUT2D eigenvalue weighted by atomic mass is 9.73. The van der Waals surface area contributed by atoms with Crippen LogP contribution in [-0.2, 0) is 16.1 Å². The molecule has 1 aromatic heterocycles. The fourth-order valence-electron chi connectivity index (χ4n) is 6.05. The minimum atomic E-state index is -1.06. The number of piperidine rings is 1. The summed E-state index contributed by atoms with van der Waals surface area (Å²) in [5, 5.41) is 22.7. The highest BCUT2D eigenvalue weighted by molar-refractivity contribution is 5.85. The van der Waals surface area contributed by atoms with E-state index in [9.17, 15) is 28.2 Å². The molecule has 2 aliphatic rings. The molecule has 0 amide bonds. The summed E-state index contributed by atoms with van der Waals surface area (Å²) in [6.45, 7) is 4.41. The number of carbonyl (C=O) groups is 1. The van der Waals surface area contributed by atoms with Gasteiger partial charge in [0, 0.05) is 56.4 Å². The zero-order valence-corrected chi connectivity index (χ0v) is 24.6. The van der Waals surface area contributed by atoms with Crippen LogP contribution in [0.15, 0.2) is 36.5 Å². The number of halogens is 3. The molecule has 0 bridgehead atoms. The number of likely N-dealkylation sites (tertiary alicyclic amines) is 1. The lowest BCUT2D eigenvalue weighted by Gasteiger charge is -2.38. The normalized spacial score (nSPS) is 18.0. The van der Waals surface area contributed by atoms with Crippen molar-refractivity contribution < 1.29 is 37.7 Å². The number of aliphatic hydroxyl groups excluding tert-OH is 1. The van der Waals surface area contributed by atoms with Gasteiger partial charge in [0.1, 0.15) is 23.2 Å². The first-order chi connectivity index (χ1) is 21.2. The van der Waals surface area contributed by atoms with Gasteiger partial charge in [-0.3, -0.25) is 19.6 Å². The third-order valence-electron chi connectivity index (χ3n) is 8.72. The van der Waals surface area contributed by atoms with Gasteiger partial charge < -0.3 is 19.7 Å². The van der Waals surface area contributed by atoms with E-state index in [4.69, 9.17) is 9.47 Å². The molecule has 2 aromatic carbocycles. The van der Waals surface area contributed by atoms with Crippen molar-refractivity contribution in [3.05, 3.63) is 70.7 Å². The maximum atomic E-state index is 13.9. The average Bonchev–Trinajstić information content (AvgIpc) is 3.01. The largest absolute Gasteiger partial charge is 0.497 e. The molecule has 2 N–H and O–H groups in total. The number of carboxylic acid groups (broad SMARTS) is 1. The molecule has 3 heterocycles. The first-order valence-electron chi connectivity index (χ1n) is 14.7. The maximum absolute atomic E-state index is 13.9. The lowest BCUT2D eigenvalue weighted by molar-refractivity contribution is -0.153. The van der Waals surface area contributed by atoms with Crippen molar-refractivity contribution in [1.82, 2.24) is 14.8 Å². The van der Waals surface area contributed by atoms with Gasteiger partial charge in [-0.2, -0.15) is 0 Å². The molecule has 8 nitrogen and oxygen atoms in total. The molecule has 44 heavy (non-hydrogen) atoms. The topological polar surface area (TPSA) is 95.4 Å². The Morgan fingerprint density at radius 2 is 1.80 bits per heavy atom. The monoisotopic (exact) mass is 611 g/mol. The van der Waals surface area contributed by atoms with Crippen LogP contribution in [0, 0.1) is 34.7 Å². The smallest absolute Gasteiger partial charge is 0.309 e. The van der Waals surface area contributed by atoms with Crippen molar-refractivity contribution in [2.45, 2.75) is 38.3 Å². The van der Waals surface area contributed by atoms with Gasteiger partial charge in [-0.15, -0.1) is 0 Å². The predicted molar refractivity (Wildman–Crippen MR) is 158 cm³/mol. The second-order valence-electron chi connectivity index (χ2n) is 11.4. The summed E-state index contributed by atoms with van der Waals surface area (Å²) >= 11 is 0. The lowest BCUT2D eigenvalue weighted by Crippen LogP contribution is -2.44. The standard InChI is InChI=1S/C33H36F3N3O5/c1-43-24-4-5-29-26(19-24)31(22(20-37-29)21-39-13-15-44-16-14-39)30(40)6-7-33(32(41)42)8-11-38(12-9-33)10-2-3-25-27(35)17-23(34)18-28(25)36/h4-5,17-20,30,40H,6-16,21H2,1H3,(H,41,42)/t30-/m0/s1. The predicted octanol–water partition coefficient (Wildman–Crippen LogP) is 4.53. The van der Waals surface area contributed by atoms with Gasteiger partial charge in [-0.25, -0.2) is 13.2 Å². The average molecular weight is 612 g/mol. The van der Waals surface area contributed by atoms with E-state index in [0.29, 0.717) is 69.1 Å². The molecule has 234 valence electrons. The number of methoxy groups -OCH3 is 1. The molecular weight excluding hydrogens is 575 g/mol. The van der Waals surface area contributed by atoms with Gasteiger partial charge in [0.05, 0.1) is 49.5 Å². The van der Waals surface area contributed by atoms with Crippen molar-refractivity contribution in [1.29, 1.82) is 0 Å². The maximum Gasteiger partial charge on any atom is 0.309 e. The number of fused-ring (bicyclic) bond motifs is 1. The third kappa shape index (κ3) is 7.16. The molecule has 2 fully saturated rings. The SMILES string of the molecule is COc1ccc2ncc(CN3CCOCC3)c([C@@H](O)CCC3(C(=O)O)CCN(CC#Cc4c(F)cc(F)cc4F)CC3)c2c1. The Balaban J connectivity index is 1.29. The van der Waals surface area contributed by atoms with Crippen LogP contribution < -0.4 is 4.74 Å². The fraction of sp³-hybridized carbons (Fsp3) is 0.455. The number of benzene rings is 2. The summed E-state index contributed by atoms with van der Waals surface area (Å²) in [5.74, 6) is 1.74. The molecule has 0 spiro atoms. The van der Waals surface area contributed by atoms with Crippen molar-refractivity contribution in [3.8, 4) is 17.6 Å². The molecule has 2 saturated heterocycles. The number of hydrogen-bond acceptors (Lipinski definition) is 7. The number of hydrogen-bond donors (Lipinski definition) is 2. The molecule has 5 rings (SSSR count). The summed E-state index contributed by atoms with van der Waals surface area (Å²) in [5.41, 5.74) is 0.797. The summed E-state index contributed by atoms with van der Waals surface area (Å²) in [6.07, 6.45) is 2.04. The molecule has 1 atom stereocenters. The van der Waals surface area contributed by atoms with Gasteiger partial charge in [-0.05, 0) is 55.0 Å². The number of pyridine rings is 1. The molecular formula is C33H36F3N3O5. The van der Waals surface area contributed by atoms with E-state index in [1.54, 1.807) is 13.3 Å². The summed E-state index contributed by atoms with van der Waals surface area (Å²) in [6, 6.07) is 6.69. The number of rotatable bonds is 9. The van der Waals surface area contributed by atoms with Crippen LogP contribution in [0.2, 0.25) is 0 Å². The van der Waals surface area contributed by atoms with Crippen molar-refractivity contribution in [3.63, 3.8) is 0 Å². The minimum Gasteiger partial charge on any atom is -0.497 e. The third-order valence-corrected chi connectivity index (χ3v) is 8.72. The first kappa shape index (κ1) is 31.7. The molecule has 0 aliphatic carbocycles. The van der Waals surface area contributed by atoms with E-state index in [1.807, 2.05) is 23.1 Å². The van der Waals surface area contributed by atoms with Crippen LogP contribution in [-0.4, -0.2) is 84.0 Å². The molecule has 0 radical (unpaired) electrons. The Morgan fingerprint density at radius 3 is 2.45 bits per heavy atom. The van der Waals surface area contributed by atoms with Crippen molar-refractivity contribution in [2.24, 2.45) is 5.41 Å². The van der Waals surface area contributed by atoms with E-state index in [0.717, 1.165) is 29.6 Å². The highest BCUT2D eigenvalue weighted by Gasteiger charge is 2.41. The summed E-state index contributed by atoms with van der Waals surface area (Å²) < 4.78 is 51.9. The van der Waals surface area contributed by atoms with E-state index in [2.05, 4.69) is 21.7 Å². The van der Waals surface area contributed by atoms with Crippen LogP contribution >= 0.6 is 0 Å². The van der Waals surface area contributed by atoms with Gasteiger partial charge >= 0.3 is 5.97 Å². The second-order valence-corrected chi connectivity index (χ2v) is 11.4.